The minimum Gasteiger partial charge on any atom is -0.361 e. The van der Waals surface area contributed by atoms with Crippen molar-refractivity contribution in [3.63, 3.8) is 0 Å². The van der Waals surface area contributed by atoms with Crippen molar-refractivity contribution < 1.29 is 4.79 Å². The minimum absolute atomic E-state index is 0.0429. The molecular weight excluding hydrogens is 320 g/mol. The molecule has 0 aliphatic carbocycles. The van der Waals surface area contributed by atoms with Crippen molar-refractivity contribution in [2.75, 3.05) is 10.2 Å². The monoisotopic (exact) mass is 342 g/mol. The second-order valence-electron chi connectivity index (χ2n) is 6.61. The van der Waals surface area contributed by atoms with E-state index in [1.165, 1.54) is 5.56 Å². The largest absolute Gasteiger partial charge is 0.361 e. The van der Waals surface area contributed by atoms with Gasteiger partial charge in [-0.2, -0.15) is 0 Å². The number of nitrogens with one attached hydrogen (secondary N) is 1. The van der Waals surface area contributed by atoms with Crippen LogP contribution in [0.15, 0.2) is 72.8 Å². The highest BCUT2D eigenvalue weighted by molar-refractivity contribution is 6.11. The Hall–Kier alpha value is -3.07. The van der Waals surface area contributed by atoms with Crippen molar-refractivity contribution in [3.05, 3.63) is 95.1 Å². The van der Waals surface area contributed by atoms with E-state index in [4.69, 9.17) is 0 Å². The van der Waals surface area contributed by atoms with E-state index >= 15 is 0 Å². The molecule has 0 unspecified atom stereocenters. The van der Waals surface area contributed by atoms with Gasteiger partial charge in [-0.05, 0) is 42.7 Å². The van der Waals surface area contributed by atoms with Gasteiger partial charge in [0, 0.05) is 22.5 Å². The molecule has 1 heterocycles. The topological polar surface area (TPSA) is 32.3 Å². The van der Waals surface area contributed by atoms with Gasteiger partial charge >= 0.3 is 0 Å². The SMILES string of the molecule is CCc1ccccc1N[C@H]1c2ccccc2C(=O)N1c1ccccc1C. The van der Waals surface area contributed by atoms with E-state index in [0.29, 0.717) is 0 Å². The van der Waals surface area contributed by atoms with Gasteiger partial charge in [0.05, 0.1) is 0 Å². The number of fused-ring (bicyclic) bond motifs is 1. The second kappa shape index (κ2) is 6.68. The maximum atomic E-state index is 13.2. The first-order valence-electron chi connectivity index (χ1n) is 9.03. The molecule has 0 aromatic heterocycles. The lowest BCUT2D eigenvalue weighted by atomic mass is 10.1. The number of carbonyl (C=O) groups is 1. The zero-order valence-corrected chi connectivity index (χ0v) is 15.1. The maximum Gasteiger partial charge on any atom is 0.260 e. The summed E-state index contributed by atoms with van der Waals surface area (Å²) in [5.41, 5.74) is 6.13. The minimum atomic E-state index is -0.215. The van der Waals surface area contributed by atoms with Crippen molar-refractivity contribution >= 4 is 17.3 Å². The van der Waals surface area contributed by atoms with Crippen LogP contribution in [0.1, 0.15) is 40.1 Å². The van der Waals surface area contributed by atoms with Gasteiger partial charge in [-0.1, -0.05) is 61.5 Å². The molecule has 1 amide bonds. The standard InChI is InChI=1S/C23H22N2O/c1-3-17-11-5-8-14-20(17)24-22-18-12-6-7-13-19(18)23(26)25(22)21-15-9-4-10-16(21)2/h4-15,22,24H,3H2,1-2H3/t22-/m1/s1. The van der Waals surface area contributed by atoms with Gasteiger partial charge in [-0.3, -0.25) is 9.69 Å². The molecule has 1 atom stereocenters. The van der Waals surface area contributed by atoms with Crippen LogP contribution in [0.2, 0.25) is 0 Å². The Morgan fingerprint density at radius 1 is 0.923 bits per heavy atom. The molecule has 26 heavy (non-hydrogen) atoms. The number of amides is 1. The van der Waals surface area contributed by atoms with Crippen LogP contribution in [0.25, 0.3) is 0 Å². The number of aryl methyl sites for hydroxylation is 2. The first-order valence-corrected chi connectivity index (χ1v) is 9.03. The molecule has 3 aromatic carbocycles. The summed E-state index contributed by atoms with van der Waals surface area (Å²) in [6, 6.07) is 24.2. The van der Waals surface area contributed by atoms with E-state index in [0.717, 1.165) is 34.5 Å². The molecule has 3 aromatic rings. The molecule has 3 heteroatoms. The Labute approximate surface area is 154 Å². The molecule has 3 nitrogen and oxygen atoms in total. The lowest BCUT2D eigenvalue weighted by Crippen LogP contribution is -2.33. The van der Waals surface area contributed by atoms with Gasteiger partial charge in [-0.25, -0.2) is 0 Å². The van der Waals surface area contributed by atoms with Crippen LogP contribution in [-0.2, 0) is 6.42 Å². The number of hydrogen-bond donors (Lipinski definition) is 1. The van der Waals surface area contributed by atoms with Gasteiger partial charge in [0.2, 0.25) is 0 Å². The summed E-state index contributed by atoms with van der Waals surface area (Å²) >= 11 is 0. The zero-order chi connectivity index (χ0) is 18.1. The summed E-state index contributed by atoms with van der Waals surface area (Å²) in [6.07, 6.45) is 0.725. The summed E-state index contributed by atoms with van der Waals surface area (Å²) in [4.78, 5) is 15.1. The predicted octanol–water partition coefficient (Wildman–Crippen LogP) is 5.33. The van der Waals surface area contributed by atoms with Gasteiger partial charge in [-0.15, -0.1) is 0 Å². The van der Waals surface area contributed by atoms with E-state index in [-0.39, 0.29) is 12.1 Å². The quantitative estimate of drug-likeness (QED) is 0.695. The Kier molecular flexibility index (Phi) is 4.21. The maximum absolute atomic E-state index is 13.2. The fourth-order valence-corrected chi connectivity index (χ4v) is 3.66. The third-order valence-corrected chi connectivity index (χ3v) is 5.03. The Bertz CT molecular complexity index is 964. The van der Waals surface area contributed by atoms with Crippen LogP contribution in [0, 0.1) is 6.92 Å². The predicted molar refractivity (Wildman–Crippen MR) is 107 cm³/mol. The van der Waals surface area contributed by atoms with Crippen LogP contribution in [0.4, 0.5) is 11.4 Å². The lowest BCUT2D eigenvalue weighted by molar-refractivity contribution is 0.0993. The third-order valence-electron chi connectivity index (χ3n) is 5.03. The second-order valence-corrected chi connectivity index (χ2v) is 6.61. The molecule has 0 bridgehead atoms. The molecule has 1 aliphatic rings. The lowest BCUT2D eigenvalue weighted by Gasteiger charge is -2.29. The first kappa shape index (κ1) is 16.4. The van der Waals surface area contributed by atoms with E-state index < -0.39 is 0 Å². The summed E-state index contributed by atoms with van der Waals surface area (Å²) in [5, 5.41) is 3.63. The van der Waals surface area contributed by atoms with E-state index in [1.54, 1.807) is 0 Å². The van der Waals surface area contributed by atoms with Gasteiger partial charge in [0.25, 0.3) is 5.91 Å². The summed E-state index contributed by atoms with van der Waals surface area (Å²) < 4.78 is 0. The average Bonchev–Trinajstić information content (AvgIpc) is 2.95. The molecule has 0 spiro atoms. The molecule has 1 aliphatic heterocycles. The number of para-hydroxylation sites is 2. The van der Waals surface area contributed by atoms with Crippen LogP contribution in [0.5, 0.6) is 0 Å². The highest BCUT2D eigenvalue weighted by Crippen LogP contribution is 2.39. The van der Waals surface area contributed by atoms with Crippen LogP contribution in [0.3, 0.4) is 0 Å². The molecule has 0 saturated carbocycles. The molecule has 130 valence electrons. The average molecular weight is 342 g/mol. The molecule has 0 radical (unpaired) electrons. The first-order chi connectivity index (χ1) is 12.7. The number of benzene rings is 3. The van der Waals surface area contributed by atoms with Crippen molar-refractivity contribution in [3.8, 4) is 0 Å². The molecule has 0 fully saturated rings. The Balaban J connectivity index is 1.83. The van der Waals surface area contributed by atoms with Crippen molar-refractivity contribution in [1.29, 1.82) is 0 Å². The highest BCUT2D eigenvalue weighted by Gasteiger charge is 2.38. The Morgan fingerprint density at radius 3 is 2.42 bits per heavy atom. The van der Waals surface area contributed by atoms with E-state index in [9.17, 15) is 4.79 Å². The summed E-state index contributed by atoms with van der Waals surface area (Å²) in [7, 11) is 0. The van der Waals surface area contributed by atoms with Gasteiger partial charge < -0.3 is 5.32 Å². The number of nitrogens with zero attached hydrogens (tertiary/aromatic N) is 1. The summed E-state index contributed by atoms with van der Waals surface area (Å²) in [6.45, 7) is 4.19. The van der Waals surface area contributed by atoms with E-state index in [2.05, 4.69) is 30.4 Å². The van der Waals surface area contributed by atoms with Gasteiger partial charge in [0.15, 0.2) is 0 Å². The molecule has 4 rings (SSSR count). The molecular formula is C23H22N2O. The Morgan fingerprint density at radius 2 is 1.62 bits per heavy atom. The number of hydrogen-bond acceptors (Lipinski definition) is 2. The number of anilines is 2. The number of rotatable bonds is 4. The molecule has 1 N–H and O–H groups in total. The smallest absolute Gasteiger partial charge is 0.260 e. The normalized spacial score (nSPS) is 15.8. The van der Waals surface area contributed by atoms with Crippen LogP contribution in [-0.4, -0.2) is 5.91 Å². The van der Waals surface area contributed by atoms with Crippen LogP contribution >= 0.6 is 0 Å². The fourth-order valence-electron chi connectivity index (χ4n) is 3.66. The van der Waals surface area contributed by atoms with Crippen molar-refractivity contribution in [2.24, 2.45) is 0 Å². The van der Waals surface area contributed by atoms with Crippen molar-refractivity contribution in [1.82, 2.24) is 0 Å². The summed E-state index contributed by atoms with van der Waals surface area (Å²) in [5.74, 6) is 0.0429. The van der Waals surface area contributed by atoms with E-state index in [1.807, 2.05) is 66.4 Å². The fraction of sp³-hybridized carbons (Fsp3) is 0.174. The van der Waals surface area contributed by atoms with Gasteiger partial charge in [0.1, 0.15) is 6.17 Å². The van der Waals surface area contributed by atoms with Crippen molar-refractivity contribution in [2.45, 2.75) is 26.4 Å². The third kappa shape index (κ3) is 2.66. The number of carbonyl (C=O) groups excluding carboxylic acids is 1. The van der Waals surface area contributed by atoms with Crippen LogP contribution < -0.4 is 10.2 Å². The highest BCUT2D eigenvalue weighted by atomic mass is 16.2. The zero-order valence-electron chi connectivity index (χ0n) is 15.1. The molecule has 0 saturated heterocycles.